The minimum atomic E-state index is -1.32. The topological polar surface area (TPSA) is 131 Å². The van der Waals surface area contributed by atoms with Crippen molar-refractivity contribution in [2.45, 2.75) is 24.5 Å². The molecule has 9 heteroatoms. The Labute approximate surface area is 115 Å². The van der Waals surface area contributed by atoms with Crippen LogP contribution < -0.4 is 11.4 Å². The summed E-state index contributed by atoms with van der Waals surface area (Å²) in [5.41, 5.74) is 4.73. The lowest BCUT2D eigenvalue weighted by atomic mass is 10.1. The molecule has 18 heavy (non-hydrogen) atoms. The zero-order valence-corrected chi connectivity index (χ0v) is 11.3. The number of hydrogen-bond acceptors (Lipinski definition) is 7. The van der Waals surface area contributed by atoms with Gasteiger partial charge in [0.1, 0.15) is 24.1 Å². The van der Waals surface area contributed by atoms with E-state index in [4.69, 9.17) is 15.6 Å². The van der Waals surface area contributed by atoms with E-state index in [1.54, 1.807) is 0 Å². The van der Waals surface area contributed by atoms with E-state index in [2.05, 4.69) is 4.98 Å². The summed E-state index contributed by atoms with van der Waals surface area (Å²) in [7, 11) is 0. The monoisotopic (exact) mass is 369 g/mol. The minimum Gasteiger partial charge on any atom is -0.394 e. The van der Waals surface area contributed by atoms with Gasteiger partial charge in [0, 0.05) is 6.07 Å². The maximum Gasteiger partial charge on any atom is 0.352 e. The molecular weight excluding hydrogens is 357 g/mol. The summed E-state index contributed by atoms with van der Waals surface area (Å²) in [5, 5.41) is 28.4. The molecule has 4 atom stereocenters. The van der Waals surface area contributed by atoms with Crippen molar-refractivity contribution < 1.29 is 20.1 Å². The van der Waals surface area contributed by atoms with Gasteiger partial charge in [0.25, 0.3) is 0 Å². The largest absolute Gasteiger partial charge is 0.394 e. The Hall–Kier alpha value is -0.750. The molecule has 1 aromatic heterocycles. The Morgan fingerprint density at radius 2 is 2.17 bits per heavy atom. The molecule has 0 bridgehead atoms. The van der Waals surface area contributed by atoms with Gasteiger partial charge in [0.15, 0.2) is 6.23 Å². The lowest BCUT2D eigenvalue weighted by molar-refractivity contribution is -0.0561. The second kappa shape index (κ2) is 5.09. The lowest BCUT2D eigenvalue weighted by Crippen LogP contribution is -2.37. The molecule has 100 valence electrons. The van der Waals surface area contributed by atoms with E-state index in [9.17, 15) is 15.0 Å². The third-order valence-corrected chi connectivity index (χ3v) is 3.53. The molecule has 0 spiro atoms. The van der Waals surface area contributed by atoms with Gasteiger partial charge in [0.2, 0.25) is 0 Å². The highest BCUT2D eigenvalue weighted by atomic mass is 127. The van der Waals surface area contributed by atoms with Gasteiger partial charge in [-0.05, 0) is 22.6 Å². The van der Waals surface area contributed by atoms with Crippen LogP contribution in [-0.2, 0) is 4.74 Å². The number of halogens is 1. The molecular formula is C9H12IN3O5. The molecule has 8 nitrogen and oxygen atoms in total. The van der Waals surface area contributed by atoms with Crippen LogP contribution in [0.3, 0.4) is 0 Å². The van der Waals surface area contributed by atoms with Gasteiger partial charge in [-0.1, -0.05) is 0 Å². The first-order chi connectivity index (χ1) is 8.45. The SMILES string of the molecule is Nc1cc(I)n([C@@H]2O[C@H](CO)[C@@H](O)[C@H]2O)c(=O)n1. The van der Waals surface area contributed by atoms with E-state index in [-0.39, 0.29) is 5.82 Å². The fourth-order valence-corrected chi connectivity index (χ4v) is 2.60. The van der Waals surface area contributed by atoms with E-state index in [1.807, 2.05) is 22.6 Å². The molecule has 0 aliphatic carbocycles. The number of nitrogens with zero attached hydrogens (tertiary/aromatic N) is 2. The zero-order chi connectivity index (χ0) is 13.4. The first-order valence-corrected chi connectivity index (χ1v) is 6.20. The summed E-state index contributed by atoms with van der Waals surface area (Å²) in [6.07, 6.45) is -4.62. The molecule has 0 aromatic carbocycles. The second-order valence-corrected chi connectivity index (χ2v) is 4.99. The average molecular weight is 369 g/mol. The highest BCUT2D eigenvalue weighted by molar-refractivity contribution is 14.1. The molecule has 5 N–H and O–H groups in total. The smallest absolute Gasteiger partial charge is 0.352 e. The molecule has 1 aliphatic heterocycles. The molecule has 0 saturated carbocycles. The van der Waals surface area contributed by atoms with Crippen molar-refractivity contribution in [1.29, 1.82) is 0 Å². The summed E-state index contributed by atoms with van der Waals surface area (Å²) in [5.74, 6) is 0.0624. The molecule has 0 amide bonds. The van der Waals surface area contributed by atoms with Crippen molar-refractivity contribution in [2.75, 3.05) is 12.3 Å². The van der Waals surface area contributed by atoms with Crippen molar-refractivity contribution in [3.8, 4) is 0 Å². The lowest BCUT2D eigenvalue weighted by Gasteiger charge is -2.18. The van der Waals surface area contributed by atoms with E-state index in [0.717, 1.165) is 4.57 Å². The number of hydrogen-bond donors (Lipinski definition) is 4. The number of aliphatic hydroxyl groups excluding tert-OH is 3. The van der Waals surface area contributed by atoms with Gasteiger partial charge in [-0.25, -0.2) is 4.79 Å². The van der Waals surface area contributed by atoms with Gasteiger partial charge in [-0.15, -0.1) is 0 Å². The van der Waals surface area contributed by atoms with Crippen LogP contribution in [0, 0.1) is 3.70 Å². The molecule has 0 unspecified atom stereocenters. The number of aliphatic hydroxyl groups is 3. The maximum atomic E-state index is 11.7. The quantitative estimate of drug-likeness (QED) is 0.352. The molecule has 1 saturated heterocycles. The van der Waals surface area contributed by atoms with Crippen LogP contribution >= 0.6 is 22.6 Å². The molecule has 2 rings (SSSR count). The maximum absolute atomic E-state index is 11.7. The molecule has 2 heterocycles. The second-order valence-electron chi connectivity index (χ2n) is 3.89. The van der Waals surface area contributed by atoms with Gasteiger partial charge >= 0.3 is 5.69 Å². The van der Waals surface area contributed by atoms with Gasteiger partial charge in [-0.2, -0.15) is 4.98 Å². The van der Waals surface area contributed by atoms with Crippen molar-refractivity contribution in [2.24, 2.45) is 0 Å². The van der Waals surface area contributed by atoms with E-state index in [0.29, 0.717) is 3.70 Å². The number of nitrogens with two attached hydrogens (primary N) is 1. The molecule has 1 aliphatic rings. The predicted octanol–water partition coefficient (Wildman–Crippen LogP) is -1.96. The van der Waals surface area contributed by atoms with Gasteiger partial charge in [-0.3, -0.25) is 4.57 Å². The normalized spacial score (nSPS) is 31.8. The highest BCUT2D eigenvalue weighted by Gasteiger charge is 2.44. The van der Waals surface area contributed by atoms with Crippen LogP contribution in [0.2, 0.25) is 0 Å². The third kappa shape index (κ3) is 2.23. The third-order valence-electron chi connectivity index (χ3n) is 2.70. The fraction of sp³-hybridized carbons (Fsp3) is 0.556. The Bertz CT molecular complexity index is 507. The van der Waals surface area contributed by atoms with Crippen molar-refractivity contribution in [3.05, 3.63) is 20.3 Å². The first-order valence-electron chi connectivity index (χ1n) is 5.12. The fourth-order valence-electron chi connectivity index (χ4n) is 1.80. The summed E-state index contributed by atoms with van der Waals surface area (Å²) in [4.78, 5) is 15.3. The Morgan fingerprint density at radius 1 is 1.50 bits per heavy atom. The Kier molecular flexibility index (Phi) is 3.87. The number of anilines is 1. The van der Waals surface area contributed by atoms with E-state index in [1.165, 1.54) is 6.07 Å². The zero-order valence-electron chi connectivity index (χ0n) is 9.10. The number of rotatable bonds is 2. The van der Waals surface area contributed by atoms with E-state index < -0.39 is 36.8 Å². The first kappa shape index (κ1) is 13.7. The Morgan fingerprint density at radius 3 is 2.67 bits per heavy atom. The molecule has 1 fully saturated rings. The van der Waals surface area contributed by atoms with Crippen molar-refractivity contribution >= 4 is 28.4 Å². The van der Waals surface area contributed by atoms with E-state index >= 15 is 0 Å². The van der Waals surface area contributed by atoms with Crippen LogP contribution in [0.5, 0.6) is 0 Å². The number of ether oxygens (including phenoxy) is 1. The van der Waals surface area contributed by atoms with Crippen molar-refractivity contribution in [1.82, 2.24) is 9.55 Å². The standard InChI is InChI=1S/C9H12IN3O5/c10-4-1-5(11)12-9(17)13(4)8-7(16)6(15)3(2-14)18-8/h1,3,6-8,14-16H,2H2,(H2,11,12,17)/t3-,6-,7-,8-/m1/s1. The van der Waals surface area contributed by atoms with Crippen LogP contribution in [0.4, 0.5) is 5.82 Å². The van der Waals surface area contributed by atoms with Crippen LogP contribution in [0.25, 0.3) is 0 Å². The van der Waals surface area contributed by atoms with Crippen molar-refractivity contribution in [3.63, 3.8) is 0 Å². The van der Waals surface area contributed by atoms with Gasteiger partial charge < -0.3 is 25.8 Å². The van der Waals surface area contributed by atoms with Crippen LogP contribution in [0.1, 0.15) is 6.23 Å². The predicted molar refractivity (Wildman–Crippen MR) is 68.6 cm³/mol. The summed E-state index contributed by atoms with van der Waals surface area (Å²) in [6.45, 7) is -0.456. The summed E-state index contributed by atoms with van der Waals surface area (Å²) >= 11 is 1.85. The Balaban J connectivity index is 2.42. The molecule has 1 aromatic rings. The van der Waals surface area contributed by atoms with Crippen LogP contribution in [-0.4, -0.2) is 49.8 Å². The summed E-state index contributed by atoms with van der Waals surface area (Å²) < 4.78 is 6.75. The number of nitrogen functional groups attached to an aromatic ring is 1. The molecule has 0 radical (unpaired) electrons. The minimum absolute atomic E-state index is 0.0624. The summed E-state index contributed by atoms with van der Waals surface area (Å²) in [6, 6.07) is 1.44. The highest BCUT2D eigenvalue weighted by Crippen LogP contribution is 2.29. The average Bonchev–Trinajstić information content (AvgIpc) is 2.56. The number of aromatic nitrogens is 2. The van der Waals surface area contributed by atoms with Crippen LogP contribution in [0.15, 0.2) is 10.9 Å². The van der Waals surface area contributed by atoms with Gasteiger partial charge in [0.05, 0.1) is 10.3 Å².